The molecule has 2 saturated carbocycles. The molecule has 0 aromatic rings. The van der Waals surface area contributed by atoms with Crippen LogP contribution in [0.3, 0.4) is 0 Å². The maximum Gasteiger partial charge on any atom is 0.0309 e. The van der Waals surface area contributed by atoms with Crippen LogP contribution in [0.4, 0.5) is 0 Å². The highest BCUT2D eigenvalue weighted by Gasteiger charge is 2.40. The Bertz CT molecular complexity index is 281. The molecular formula is C16H30N2. The minimum absolute atomic E-state index is 0.505. The van der Waals surface area contributed by atoms with Gasteiger partial charge >= 0.3 is 0 Å². The second kappa shape index (κ2) is 4.79. The van der Waals surface area contributed by atoms with Crippen LogP contribution in [0.15, 0.2) is 0 Å². The van der Waals surface area contributed by atoms with Gasteiger partial charge in [-0.3, -0.25) is 4.90 Å². The van der Waals surface area contributed by atoms with Crippen LogP contribution in [-0.4, -0.2) is 36.1 Å². The van der Waals surface area contributed by atoms with Crippen molar-refractivity contribution in [3.63, 3.8) is 0 Å². The Balaban J connectivity index is 1.59. The summed E-state index contributed by atoms with van der Waals surface area (Å²) in [7, 11) is 0. The lowest BCUT2D eigenvalue weighted by atomic mass is 9.75. The molecule has 1 aliphatic heterocycles. The summed E-state index contributed by atoms with van der Waals surface area (Å²) in [5, 5.41) is 3.84. The molecule has 1 saturated heterocycles. The topological polar surface area (TPSA) is 15.3 Å². The molecular weight excluding hydrogens is 220 g/mol. The largest absolute Gasteiger partial charge is 0.309 e. The Hall–Kier alpha value is -0.0800. The normalized spacial score (nSPS) is 33.0. The molecule has 0 aromatic carbocycles. The van der Waals surface area contributed by atoms with Crippen LogP contribution < -0.4 is 5.32 Å². The van der Waals surface area contributed by atoms with E-state index in [1.165, 1.54) is 71.0 Å². The molecule has 2 aliphatic carbocycles. The van der Waals surface area contributed by atoms with Crippen LogP contribution in [-0.2, 0) is 0 Å². The molecule has 2 nitrogen and oxygen atoms in total. The highest BCUT2D eigenvalue weighted by Crippen LogP contribution is 2.39. The zero-order valence-electron chi connectivity index (χ0n) is 12.3. The van der Waals surface area contributed by atoms with Crippen molar-refractivity contribution in [2.24, 2.45) is 5.41 Å². The number of piperazine rings is 1. The fourth-order valence-electron chi connectivity index (χ4n) is 4.44. The van der Waals surface area contributed by atoms with Gasteiger partial charge in [-0.05, 0) is 43.9 Å². The molecule has 1 N–H and O–H groups in total. The van der Waals surface area contributed by atoms with E-state index in [4.69, 9.17) is 0 Å². The average molecular weight is 250 g/mol. The van der Waals surface area contributed by atoms with E-state index in [-0.39, 0.29) is 0 Å². The van der Waals surface area contributed by atoms with Crippen molar-refractivity contribution >= 4 is 0 Å². The van der Waals surface area contributed by atoms with Crippen LogP contribution in [0.25, 0.3) is 0 Å². The van der Waals surface area contributed by atoms with Crippen molar-refractivity contribution in [1.82, 2.24) is 10.2 Å². The van der Waals surface area contributed by atoms with E-state index < -0.39 is 0 Å². The molecule has 0 amide bonds. The van der Waals surface area contributed by atoms with Crippen molar-refractivity contribution in [3.8, 4) is 0 Å². The van der Waals surface area contributed by atoms with Gasteiger partial charge in [-0.2, -0.15) is 0 Å². The van der Waals surface area contributed by atoms with E-state index in [9.17, 15) is 0 Å². The molecule has 3 aliphatic rings. The summed E-state index contributed by atoms with van der Waals surface area (Å²) in [6.07, 6.45) is 11.4. The molecule has 0 aromatic heterocycles. The van der Waals surface area contributed by atoms with Gasteiger partial charge in [0, 0.05) is 31.2 Å². The molecule has 0 atom stereocenters. The summed E-state index contributed by atoms with van der Waals surface area (Å²) in [4.78, 5) is 2.83. The molecule has 18 heavy (non-hydrogen) atoms. The molecule has 1 spiro atoms. The van der Waals surface area contributed by atoms with Gasteiger partial charge in [0.2, 0.25) is 0 Å². The Morgan fingerprint density at radius 3 is 2.33 bits per heavy atom. The molecule has 0 radical (unpaired) electrons. The summed E-state index contributed by atoms with van der Waals surface area (Å²) in [6, 6.07) is 0.887. The van der Waals surface area contributed by atoms with Gasteiger partial charge in [0.25, 0.3) is 0 Å². The highest BCUT2D eigenvalue weighted by atomic mass is 15.2. The summed E-state index contributed by atoms with van der Waals surface area (Å²) in [5.41, 5.74) is 1.11. The van der Waals surface area contributed by atoms with Gasteiger partial charge in [0.05, 0.1) is 0 Å². The third kappa shape index (κ3) is 2.60. The van der Waals surface area contributed by atoms with Crippen molar-refractivity contribution in [3.05, 3.63) is 0 Å². The molecule has 2 heteroatoms. The molecule has 3 fully saturated rings. The second-order valence-electron chi connectivity index (χ2n) is 7.78. The lowest BCUT2D eigenvalue weighted by molar-refractivity contribution is 0.0536. The molecule has 0 bridgehead atoms. The fraction of sp³-hybridized carbons (Fsp3) is 1.00. The number of hydrogen-bond donors (Lipinski definition) is 1. The van der Waals surface area contributed by atoms with Crippen molar-refractivity contribution in [1.29, 1.82) is 0 Å². The van der Waals surface area contributed by atoms with E-state index in [0.29, 0.717) is 11.0 Å². The quantitative estimate of drug-likeness (QED) is 0.769. The monoisotopic (exact) mass is 250 g/mol. The number of nitrogens with zero attached hydrogens (tertiary/aromatic N) is 1. The zero-order chi connectivity index (χ0) is 12.6. The van der Waals surface area contributed by atoms with Gasteiger partial charge in [-0.15, -0.1) is 0 Å². The van der Waals surface area contributed by atoms with E-state index in [1.807, 2.05) is 0 Å². The van der Waals surface area contributed by atoms with E-state index in [1.54, 1.807) is 0 Å². The highest BCUT2D eigenvalue weighted by molar-refractivity contribution is 5.00. The maximum atomic E-state index is 3.84. The van der Waals surface area contributed by atoms with E-state index in [2.05, 4.69) is 24.1 Å². The second-order valence-corrected chi connectivity index (χ2v) is 7.78. The van der Waals surface area contributed by atoms with Gasteiger partial charge in [-0.1, -0.05) is 26.7 Å². The number of hydrogen-bond acceptors (Lipinski definition) is 2. The van der Waals surface area contributed by atoms with Crippen LogP contribution >= 0.6 is 0 Å². The smallest absolute Gasteiger partial charge is 0.0309 e. The average Bonchev–Trinajstić information content (AvgIpc) is 2.77. The predicted molar refractivity (Wildman–Crippen MR) is 76.8 cm³/mol. The number of rotatable bonds is 1. The summed E-state index contributed by atoms with van der Waals surface area (Å²) < 4.78 is 0. The first-order valence-electron chi connectivity index (χ1n) is 8.08. The van der Waals surface area contributed by atoms with Crippen molar-refractivity contribution < 1.29 is 0 Å². The van der Waals surface area contributed by atoms with Crippen LogP contribution in [0.5, 0.6) is 0 Å². The van der Waals surface area contributed by atoms with Gasteiger partial charge < -0.3 is 5.32 Å². The molecule has 1 heterocycles. The van der Waals surface area contributed by atoms with Crippen LogP contribution in [0.1, 0.15) is 65.2 Å². The van der Waals surface area contributed by atoms with Crippen LogP contribution in [0.2, 0.25) is 0 Å². The molecule has 3 rings (SSSR count). The third-order valence-corrected chi connectivity index (χ3v) is 5.79. The Labute approximate surface area is 113 Å². The number of nitrogens with one attached hydrogen (secondary N) is 1. The Kier molecular flexibility index (Phi) is 3.44. The SMILES string of the molecule is CC1(C)CCC(N2CCNC3(CCCC3)C2)CC1. The van der Waals surface area contributed by atoms with Gasteiger partial charge in [-0.25, -0.2) is 0 Å². The lowest BCUT2D eigenvalue weighted by Gasteiger charge is -2.47. The van der Waals surface area contributed by atoms with Crippen molar-refractivity contribution in [2.75, 3.05) is 19.6 Å². The standard InChI is InChI=1S/C16H30N2/c1-15(2)9-5-14(6-10-15)18-12-11-17-16(13-18)7-3-4-8-16/h14,17H,3-13H2,1-2H3. The summed E-state index contributed by atoms with van der Waals surface area (Å²) >= 11 is 0. The zero-order valence-corrected chi connectivity index (χ0v) is 12.3. The van der Waals surface area contributed by atoms with E-state index >= 15 is 0 Å². The fourth-order valence-corrected chi connectivity index (χ4v) is 4.44. The first-order valence-corrected chi connectivity index (χ1v) is 8.08. The Morgan fingerprint density at radius 1 is 1.00 bits per heavy atom. The summed E-state index contributed by atoms with van der Waals surface area (Å²) in [5.74, 6) is 0. The minimum Gasteiger partial charge on any atom is -0.309 e. The minimum atomic E-state index is 0.505. The molecule has 104 valence electrons. The molecule has 0 unspecified atom stereocenters. The van der Waals surface area contributed by atoms with Gasteiger partial charge in [0.1, 0.15) is 0 Å². The third-order valence-electron chi connectivity index (χ3n) is 5.79. The Morgan fingerprint density at radius 2 is 1.67 bits per heavy atom. The van der Waals surface area contributed by atoms with Gasteiger partial charge in [0.15, 0.2) is 0 Å². The van der Waals surface area contributed by atoms with Crippen LogP contribution in [0, 0.1) is 5.41 Å². The first kappa shape index (κ1) is 12.9. The summed E-state index contributed by atoms with van der Waals surface area (Å²) in [6.45, 7) is 8.73. The van der Waals surface area contributed by atoms with Crippen molar-refractivity contribution in [2.45, 2.75) is 76.8 Å². The van der Waals surface area contributed by atoms with E-state index in [0.717, 1.165) is 6.04 Å². The first-order chi connectivity index (χ1) is 8.59. The lowest BCUT2D eigenvalue weighted by Crippen LogP contribution is -2.61. The predicted octanol–water partition coefficient (Wildman–Crippen LogP) is 3.17. The maximum absolute atomic E-state index is 3.84.